The Hall–Kier alpha value is -1.03. The maximum Gasteiger partial charge on any atom is 0.315 e. The SMILES string of the molecule is NCCCOCCCCOCCCNC(=O)CCCC[C@@H]1SC[C@@H]2NC(=O)N[C@@H]21. The molecule has 2 heterocycles. The maximum atomic E-state index is 11.9. The van der Waals surface area contributed by atoms with Gasteiger partial charge in [0, 0.05) is 50.4 Å². The zero-order valence-corrected chi connectivity index (χ0v) is 18.3. The number of nitrogens with one attached hydrogen (secondary N) is 3. The van der Waals surface area contributed by atoms with Crippen molar-refractivity contribution in [3.05, 3.63) is 0 Å². The molecule has 3 amide bonds. The fraction of sp³-hybridized carbons (Fsp3) is 0.900. The number of carbonyl (C=O) groups excluding carboxylic acids is 2. The van der Waals surface area contributed by atoms with Crippen LogP contribution in [0.15, 0.2) is 0 Å². The van der Waals surface area contributed by atoms with E-state index in [4.69, 9.17) is 15.2 Å². The number of ether oxygens (including phenoxy) is 2. The monoisotopic (exact) mass is 430 g/mol. The van der Waals surface area contributed by atoms with Gasteiger partial charge < -0.3 is 31.2 Å². The van der Waals surface area contributed by atoms with Crippen LogP contribution in [0, 0.1) is 0 Å². The highest BCUT2D eigenvalue weighted by Crippen LogP contribution is 2.33. The molecule has 9 heteroatoms. The first-order valence-corrected chi connectivity index (χ1v) is 12.1. The smallest absolute Gasteiger partial charge is 0.315 e. The predicted molar refractivity (Wildman–Crippen MR) is 116 cm³/mol. The standard InChI is InChI=1S/C20H38N4O4S/c21-9-5-13-27-11-3-4-12-28-14-6-10-22-18(25)8-2-1-7-17-19-16(15-29-17)23-20(26)24-19/h16-17,19H,1-15,21H2,(H,22,25)(H2,23,24,26)/t16-,17-,19-/m0/s1. The highest BCUT2D eigenvalue weighted by Gasteiger charge is 2.42. The van der Waals surface area contributed by atoms with Crippen molar-refractivity contribution in [1.29, 1.82) is 0 Å². The lowest BCUT2D eigenvalue weighted by atomic mass is 10.0. The summed E-state index contributed by atoms with van der Waals surface area (Å²) < 4.78 is 11.0. The first kappa shape index (κ1) is 24.2. The van der Waals surface area contributed by atoms with E-state index in [1.54, 1.807) is 0 Å². The molecular formula is C20H38N4O4S. The number of rotatable bonds is 17. The molecule has 2 aliphatic rings. The van der Waals surface area contributed by atoms with Crippen molar-refractivity contribution in [2.45, 2.75) is 68.7 Å². The molecule has 5 N–H and O–H groups in total. The fourth-order valence-electron chi connectivity index (χ4n) is 3.56. The topological polar surface area (TPSA) is 115 Å². The third-order valence-electron chi connectivity index (χ3n) is 5.19. The molecule has 29 heavy (non-hydrogen) atoms. The van der Waals surface area contributed by atoms with Crippen LogP contribution in [0.3, 0.4) is 0 Å². The summed E-state index contributed by atoms with van der Waals surface area (Å²) in [6, 6.07) is 0.490. The second-order valence-electron chi connectivity index (χ2n) is 7.65. The summed E-state index contributed by atoms with van der Waals surface area (Å²) in [5.41, 5.74) is 5.40. The highest BCUT2D eigenvalue weighted by molar-refractivity contribution is 8.00. The zero-order chi connectivity index (χ0) is 20.7. The molecule has 0 bridgehead atoms. The van der Waals surface area contributed by atoms with Crippen molar-refractivity contribution in [3.8, 4) is 0 Å². The van der Waals surface area contributed by atoms with Gasteiger partial charge in [0.2, 0.25) is 5.91 Å². The van der Waals surface area contributed by atoms with Gasteiger partial charge in [-0.2, -0.15) is 11.8 Å². The molecule has 0 aromatic heterocycles. The van der Waals surface area contributed by atoms with Crippen molar-refractivity contribution >= 4 is 23.7 Å². The van der Waals surface area contributed by atoms with E-state index in [9.17, 15) is 9.59 Å². The quantitative estimate of drug-likeness (QED) is 0.205. The third kappa shape index (κ3) is 10.0. The lowest BCUT2D eigenvalue weighted by Gasteiger charge is -2.16. The number of hydrogen-bond acceptors (Lipinski definition) is 6. The molecule has 8 nitrogen and oxygen atoms in total. The molecular weight excluding hydrogens is 392 g/mol. The number of nitrogens with two attached hydrogens (primary N) is 1. The molecule has 0 aliphatic carbocycles. The van der Waals surface area contributed by atoms with Crippen LogP contribution in [0.5, 0.6) is 0 Å². The zero-order valence-electron chi connectivity index (χ0n) is 17.5. The molecule has 3 atom stereocenters. The number of hydrogen-bond donors (Lipinski definition) is 4. The second kappa shape index (κ2) is 14.9. The van der Waals surface area contributed by atoms with Gasteiger partial charge >= 0.3 is 6.03 Å². The van der Waals surface area contributed by atoms with Crippen molar-refractivity contribution in [3.63, 3.8) is 0 Å². The Balaban J connectivity index is 1.33. The number of unbranched alkanes of at least 4 members (excludes halogenated alkanes) is 2. The number of urea groups is 1. The molecule has 0 unspecified atom stereocenters. The summed E-state index contributed by atoms with van der Waals surface area (Å²) in [5, 5.41) is 9.40. The molecule has 168 valence electrons. The van der Waals surface area contributed by atoms with Crippen LogP contribution in [0.25, 0.3) is 0 Å². The van der Waals surface area contributed by atoms with Crippen LogP contribution in [0.4, 0.5) is 4.79 Å². The van der Waals surface area contributed by atoms with Gasteiger partial charge in [0.1, 0.15) is 0 Å². The van der Waals surface area contributed by atoms with Gasteiger partial charge in [-0.25, -0.2) is 4.79 Å². The molecule has 2 rings (SSSR count). The molecule has 2 saturated heterocycles. The van der Waals surface area contributed by atoms with Gasteiger partial charge in [-0.3, -0.25) is 4.79 Å². The molecule has 2 aliphatic heterocycles. The van der Waals surface area contributed by atoms with Gasteiger partial charge in [0.05, 0.1) is 12.1 Å². The molecule has 0 spiro atoms. The van der Waals surface area contributed by atoms with Gasteiger partial charge in [-0.1, -0.05) is 6.42 Å². The summed E-state index contributed by atoms with van der Waals surface area (Å²) in [6.45, 7) is 4.28. The largest absolute Gasteiger partial charge is 0.381 e. The number of carbonyl (C=O) groups is 2. The molecule has 0 aromatic rings. The van der Waals surface area contributed by atoms with E-state index in [2.05, 4.69) is 16.0 Å². The average molecular weight is 431 g/mol. The van der Waals surface area contributed by atoms with E-state index in [-0.39, 0.29) is 24.0 Å². The number of thioether (sulfide) groups is 1. The van der Waals surface area contributed by atoms with E-state index in [1.807, 2.05) is 11.8 Å². The van der Waals surface area contributed by atoms with Gasteiger partial charge in [-0.15, -0.1) is 0 Å². The first-order chi connectivity index (χ1) is 14.2. The van der Waals surface area contributed by atoms with Crippen LogP contribution in [-0.2, 0) is 14.3 Å². The Labute approximate surface area is 178 Å². The molecule has 0 radical (unpaired) electrons. The first-order valence-electron chi connectivity index (χ1n) is 11.0. The highest BCUT2D eigenvalue weighted by atomic mass is 32.2. The Bertz CT molecular complexity index is 483. The average Bonchev–Trinajstić information content (AvgIpc) is 3.25. The summed E-state index contributed by atoms with van der Waals surface area (Å²) in [5.74, 6) is 1.10. The Morgan fingerprint density at radius 2 is 1.76 bits per heavy atom. The minimum Gasteiger partial charge on any atom is -0.381 e. The summed E-state index contributed by atoms with van der Waals surface area (Å²) in [4.78, 5) is 23.3. The maximum absolute atomic E-state index is 11.9. The van der Waals surface area contributed by atoms with E-state index in [1.165, 1.54) is 0 Å². The lowest BCUT2D eigenvalue weighted by Crippen LogP contribution is -2.36. The van der Waals surface area contributed by atoms with Crippen LogP contribution in [-0.4, -0.2) is 74.5 Å². The summed E-state index contributed by atoms with van der Waals surface area (Å²) in [7, 11) is 0. The third-order valence-corrected chi connectivity index (χ3v) is 6.70. The molecule has 2 fully saturated rings. The van der Waals surface area contributed by atoms with E-state index in [0.29, 0.717) is 31.4 Å². The van der Waals surface area contributed by atoms with Crippen LogP contribution in [0.2, 0.25) is 0 Å². The second-order valence-corrected chi connectivity index (χ2v) is 8.92. The Morgan fingerprint density at radius 3 is 2.52 bits per heavy atom. The Kier molecular flexibility index (Phi) is 12.4. The van der Waals surface area contributed by atoms with Crippen LogP contribution >= 0.6 is 11.8 Å². The van der Waals surface area contributed by atoms with Crippen LogP contribution < -0.4 is 21.7 Å². The van der Waals surface area contributed by atoms with E-state index in [0.717, 1.165) is 70.5 Å². The van der Waals surface area contributed by atoms with Crippen molar-refractivity contribution in [1.82, 2.24) is 16.0 Å². The Morgan fingerprint density at radius 1 is 1.03 bits per heavy atom. The van der Waals surface area contributed by atoms with E-state index < -0.39 is 0 Å². The van der Waals surface area contributed by atoms with Gasteiger partial charge in [-0.05, 0) is 45.1 Å². The lowest BCUT2D eigenvalue weighted by molar-refractivity contribution is -0.121. The normalized spacial score (nSPS) is 22.9. The van der Waals surface area contributed by atoms with Crippen LogP contribution in [0.1, 0.15) is 51.4 Å². The van der Waals surface area contributed by atoms with Gasteiger partial charge in [0.15, 0.2) is 0 Å². The van der Waals surface area contributed by atoms with Gasteiger partial charge in [0.25, 0.3) is 0 Å². The predicted octanol–water partition coefficient (Wildman–Crippen LogP) is 1.38. The number of fused-ring (bicyclic) bond motifs is 1. The molecule has 0 aromatic carbocycles. The summed E-state index contributed by atoms with van der Waals surface area (Å²) >= 11 is 1.92. The van der Waals surface area contributed by atoms with E-state index >= 15 is 0 Å². The van der Waals surface area contributed by atoms with Crippen molar-refractivity contribution in [2.24, 2.45) is 5.73 Å². The summed E-state index contributed by atoms with van der Waals surface area (Å²) in [6.07, 6.45) is 7.29. The van der Waals surface area contributed by atoms with Crippen molar-refractivity contribution in [2.75, 3.05) is 45.3 Å². The number of amides is 3. The molecule has 0 saturated carbocycles. The van der Waals surface area contributed by atoms with Crippen molar-refractivity contribution < 1.29 is 19.1 Å². The fourth-order valence-corrected chi connectivity index (χ4v) is 5.11. The minimum atomic E-state index is -0.0407. The minimum absolute atomic E-state index is 0.0407.